The van der Waals surface area contributed by atoms with Gasteiger partial charge in [0, 0.05) is 19.0 Å². The summed E-state index contributed by atoms with van der Waals surface area (Å²) in [4.78, 5) is 3.75. The fourth-order valence-electron chi connectivity index (χ4n) is 0.635. The number of imidazole rings is 1. The third-order valence-electron chi connectivity index (χ3n) is 1.10. The highest BCUT2D eigenvalue weighted by Gasteiger charge is 2.01. The first kappa shape index (κ1) is 7.24. The fraction of sp³-hybridized carbons (Fsp3) is 0.500. The van der Waals surface area contributed by atoms with Gasteiger partial charge >= 0.3 is 0 Å². The van der Waals surface area contributed by atoms with E-state index in [0.29, 0.717) is 6.61 Å². The van der Waals surface area contributed by atoms with Gasteiger partial charge in [-0.05, 0) is 6.92 Å². The smallest absolute Gasteiger partial charge is 0.242 e. The molecule has 1 rings (SSSR count). The summed E-state index contributed by atoms with van der Waals surface area (Å²) in [5, 5.41) is 9.11. The van der Waals surface area contributed by atoms with Crippen molar-refractivity contribution in [2.45, 2.75) is 13.3 Å². The Morgan fingerprint density at radius 1 is 1.80 bits per heavy atom. The lowest BCUT2D eigenvalue weighted by molar-refractivity contribution is -0.149. The molecule has 0 saturated heterocycles. The van der Waals surface area contributed by atoms with Crippen molar-refractivity contribution in [3.8, 4) is 0 Å². The Hall–Kier alpha value is -0.870. The number of ether oxygens (including phenoxy) is 1. The quantitative estimate of drug-likeness (QED) is 0.620. The molecule has 1 aromatic rings. The van der Waals surface area contributed by atoms with E-state index in [9.17, 15) is 0 Å². The summed E-state index contributed by atoms with van der Waals surface area (Å²) in [5.41, 5.74) is 0. The van der Waals surface area contributed by atoms with Crippen molar-refractivity contribution in [2.75, 3.05) is 6.61 Å². The van der Waals surface area contributed by atoms with Gasteiger partial charge in [-0.2, -0.15) is 0 Å². The minimum atomic E-state index is -0.896. The minimum absolute atomic E-state index is 0.485. The van der Waals surface area contributed by atoms with E-state index in [2.05, 4.69) is 4.98 Å². The van der Waals surface area contributed by atoms with E-state index in [1.807, 2.05) is 6.92 Å². The lowest BCUT2D eigenvalue weighted by Crippen LogP contribution is -2.09. The molecule has 1 unspecified atom stereocenters. The van der Waals surface area contributed by atoms with E-state index < -0.39 is 6.41 Å². The van der Waals surface area contributed by atoms with E-state index in [1.165, 1.54) is 10.9 Å². The van der Waals surface area contributed by atoms with Crippen LogP contribution < -0.4 is 0 Å². The predicted octanol–water partition coefficient (Wildman–Crippen LogP) is 0.368. The van der Waals surface area contributed by atoms with Gasteiger partial charge in [0.1, 0.15) is 0 Å². The summed E-state index contributed by atoms with van der Waals surface area (Å²) in [7, 11) is 0. The van der Waals surface area contributed by atoms with Crippen LogP contribution in [0.25, 0.3) is 0 Å². The highest BCUT2D eigenvalue weighted by Crippen LogP contribution is 2.01. The van der Waals surface area contributed by atoms with Gasteiger partial charge in [-0.1, -0.05) is 0 Å². The number of aliphatic hydroxyl groups excluding tert-OH is 1. The second-order valence-electron chi connectivity index (χ2n) is 1.79. The highest BCUT2D eigenvalue weighted by molar-refractivity contribution is 4.73. The molecule has 0 aliphatic rings. The van der Waals surface area contributed by atoms with Crippen LogP contribution in [0.4, 0.5) is 0 Å². The van der Waals surface area contributed by atoms with Gasteiger partial charge in [-0.3, -0.25) is 4.57 Å². The molecule has 1 N–H and O–H groups in total. The van der Waals surface area contributed by atoms with Gasteiger partial charge in [0.15, 0.2) is 0 Å². The summed E-state index contributed by atoms with van der Waals surface area (Å²) >= 11 is 0. The zero-order valence-corrected chi connectivity index (χ0v) is 5.77. The molecule has 0 saturated carbocycles. The molecule has 0 spiro atoms. The average Bonchev–Trinajstić information content (AvgIpc) is 2.38. The molecule has 1 heterocycles. The minimum Gasteiger partial charge on any atom is -0.351 e. The number of rotatable bonds is 3. The Kier molecular flexibility index (Phi) is 2.42. The van der Waals surface area contributed by atoms with Crippen LogP contribution in [0.3, 0.4) is 0 Å². The first-order valence-corrected chi connectivity index (χ1v) is 3.11. The Morgan fingerprint density at radius 3 is 3.10 bits per heavy atom. The molecule has 0 fully saturated rings. The molecular weight excluding hydrogens is 132 g/mol. The zero-order valence-electron chi connectivity index (χ0n) is 5.77. The molecule has 56 valence electrons. The summed E-state index contributed by atoms with van der Waals surface area (Å²) < 4.78 is 6.34. The maximum absolute atomic E-state index is 9.11. The molecule has 0 radical (unpaired) electrons. The van der Waals surface area contributed by atoms with Gasteiger partial charge in [0.05, 0.1) is 6.33 Å². The highest BCUT2D eigenvalue weighted by atomic mass is 16.6. The van der Waals surface area contributed by atoms with Gasteiger partial charge in [0.2, 0.25) is 6.41 Å². The van der Waals surface area contributed by atoms with Crippen molar-refractivity contribution in [3.63, 3.8) is 0 Å². The molecule has 4 nitrogen and oxygen atoms in total. The lowest BCUT2D eigenvalue weighted by Gasteiger charge is -2.09. The first-order valence-electron chi connectivity index (χ1n) is 3.11. The van der Waals surface area contributed by atoms with Crippen LogP contribution in [0.2, 0.25) is 0 Å². The van der Waals surface area contributed by atoms with Crippen LogP contribution in [0.15, 0.2) is 18.7 Å². The normalized spacial score (nSPS) is 13.4. The first-order chi connectivity index (χ1) is 4.84. The standard InChI is InChI=1S/C6H10N2O2/c1-2-10-6(9)8-4-3-7-5-8/h3-6,9H,2H2,1H3. The molecule has 1 atom stereocenters. The van der Waals surface area contributed by atoms with Crippen molar-refractivity contribution >= 4 is 0 Å². The number of hydrogen-bond donors (Lipinski definition) is 1. The van der Waals surface area contributed by atoms with E-state index in [0.717, 1.165) is 0 Å². The topological polar surface area (TPSA) is 47.3 Å². The molecular formula is C6H10N2O2. The largest absolute Gasteiger partial charge is 0.351 e. The number of aliphatic hydroxyl groups is 1. The summed E-state index contributed by atoms with van der Waals surface area (Å²) in [6.45, 7) is 2.31. The van der Waals surface area contributed by atoms with E-state index >= 15 is 0 Å². The van der Waals surface area contributed by atoms with Gasteiger partial charge in [-0.15, -0.1) is 0 Å². The molecule has 0 aliphatic carbocycles. The van der Waals surface area contributed by atoms with Crippen LogP contribution in [0, 0.1) is 0 Å². The Bertz CT molecular complexity index is 174. The Labute approximate surface area is 59.1 Å². The predicted molar refractivity (Wildman–Crippen MR) is 35.1 cm³/mol. The van der Waals surface area contributed by atoms with Gasteiger partial charge < -0.3 is 9.84 Å². The average molecular weight is 142 g/mol. The van der Waals surface area contributed by atoms with Crippen molar-refractivity contribution in [3.05, 3.63) is 18.7 Å². The monoisotopic (exact) mass is 142 g/mol. The molecule has 0 amide bonds. The molecule has 0 aromatic carbocycles. The van der Waals surface area contributed by atoms with Gasteiger partial charge in [-0.25, -0.2) is 4.98 Å². The van der Waals surface area contributed by atoms with Crippen LogP contribution in [-0.2, 0) is 4.74 Å². The number of aromatic nitrogens is 2. The number of nitrogens with zero attached hydrogens (tertiary/aromatic N) is 2. The maximum Gasteiger partial charge on any atom is 0.242 e. The second kappa shape index (κ2) is 3.34. The number of hydrogen-bond acceptors (Lipinski definition) is 3. The summed E-state index contributed by atoms with van der Waals surface area (Å²) in [6, 6.07) is 0. The zero-order chi connectivity index (χ0) is 7.40. The Morgan fingerprint density at radius 2 is 2.60 bits per heavy atom. The summed E-state index contributed by atoms with van der Waals surface area (Å²) in [6.07, 6.45) is 3.83. The van der Waals surface area contributed by atoms with E-state index in [1.54, 1.807) is 12.4 Å². The van der Waals surface area contributed by atoms with E-state index in [-0.39, 0.29) is 0 Å². The molecule has 10 heavy (non-hydrogen) atoms. The van der Waals surface area contributed by atoms with Crippen molar-refractivity contribution in [2.24, 2.45) is 0 Å². The molecule has 1 aromatic heterocycles. The maximum atomic E-state index is 9.11. The van der Waals surface area contributed by atoms with Crippen LogP contribution in [-0.4, -0.2) is 21.3 Å². The van der Waals surface area contributed by atoms with Crippen LogP contribution in [0.1, 0.15) is 13.3 Å². The fourth-order valence-corrected chi connectivity index (χ4v) is 0.635. The Balaban J connectivity index is 2.50. The van der Waals surface area contributed by atoms with Crippen molar-refractivity contribution < 1.29 is 9.84 Å². The van der Waals surface area contributed by atoms with Crippen LogP contribution in [0.5, 0.6) is 0 Å². The molecule has 4 heteroatoms. The second-order valence-corrected chi connectivity index (χ2v) is 1.79. The third-order valence-corrected chi connectivity index (χ3v) is 1.10. The van der Waals surface area contributed by atoms with Gasteiger partial charge in [0.25, 0.3) is 0 Å². The van der Waals surface area contributed by atoms with E-state index in [4.69, 9.17) is 9.84 Å². The molecule has 0 aliphatic heterocycles. The molecule has 0 bridgehead atoms. The van der Waals surface area contributed by atoms with Crippen molar-refractivity contribution in [1.29, 1.82) is 0 Å². The third kappa shape index (κ3) is 1.55. The van der Waals surface area contributed by atoms with Crippen LogP contribution >= 0.6 is 0 Å². The lowest BCUT2D eigenvalue weighted by atomic mass is 10.8. The van der Waals surface area contributed by atoms with Crippen molar-refractivity contribution in [1.82, 2.24) is 9.55 Å². The SMILES string of the molecule is CCOC(O)n1ccnc1. The summed E-state index contributed by atoms with van der Waals surface area (Å²) in [5.74, 6) is 0.